The third-order valence-electron chi connectivity index (χ3n) is 4.18. The van der Waals surface area contributed by atoms with Gasteiger partial charge in [0.2, 0.25) is 0 Å². The van der Waals surface area contributed by atoms with E-state index in [-0.39, 0.29) is 0 Å². The van der Waals surface area contributed by atoms with Crippen molar-refractivity contribution in [2.24, 2.45) is 11.8 Å². The van der Waals surface area contributed by atoms with Crippen LogP contribution in [0, 0.1) is 11.8 Å². The van der Waals surface area contributed by atoms with Crippen LogP contribution in [0.15, 0.2) is 30.3 Å². The second-order valence-corrected chi connectivity index (χ2v) is 7.08. The molecule has 1 aromatic heterocycles. The Morgan fingerprint density at radius 2 is 2.05 bits per heavy atom. The van der Waals surface area contributed by atoms with Gasteiger partial charge in [-0.2, -0.15) is 0 Å². The van der Waals surface area contributed by atoms with E-state index in [9.17, 15) is 0 Å². The highest BCUT2D eigenvalue weighted by atomic mass is 32.1. The molecule has 0 amide bonds. The Labute approximate surface area is 131 Å². The Kier molecular flexibility index (Phi) is 4.27. The average Bonchev–Trinajstić information content (AvgIpc) is 3.02. The van der Waals surface area contributed by atoms with Gasteiger partial charge in [0.25, 0.3) is 0 Å². The molecule has 3 nitrogen and oxygen atoms in total. The van der Waals surface area contributed by atoms with E-state index in [1.54, 1.807) is 0 Å². The first-order chi connectivity index (χ1) is 10.2. The smallest absolute Gasteiger partial charge is 0.185 e. The van der Waals surface area contributed by atoms with Crippen molar-refractivity contribution in [1.82, 2.24) is 10.3 Å². The summed E-state index contributed by atoms with van der Waals surface area (Å²) >= 11 is 1.81. The molecule has 1 aliphatic carbocycles. The first-order valence-corrected chi connectivity index (χ1v) is 8.41. The number of thiazole rings is 1. The Bertz CT molecular complexity index is 593. The molecular formula is C17H23N3S. The van der Waals surface area contributed by atoms with Crippen LogP contribution in [-0.2, 0) is 6.54 Å². The lowest BCUT2D eigenvalue weighted by molar-refractivity contribution is 0.724. The first-order valence-electron chi connectivity index (χ1n) is 7.60. The van der Waals surface area contributed by atoms with E-state index in [0.717, 1.165) is 35.8 Å². The van der Waals surface area contributed by atoms with Gasteiger partial charge in [-0.05, 0) is 25.3 Å². The van der Waals surface area contributed by atoms with Crippen LogP contribution < -0.4 is 10.2 Å². The van der Waals surface area contributed by atoms with Crippen molar-refractivity contribution >= 4 is 16.5 Å². The third kappa shape index (κ3) is 3.27. The van der Waals surface area contributed by atoms with Gasteiger partial charge in [-0.1, -0.05) is 48.6 Å². The second kappa shape index (κ2) is 6.16. The van der Waals surface area contributed by atoms with Crippen LogP contribution in [0.3, 0.4) is 0 Å². The minimum absolute atomic E-state index is 0.854. The molecule has 0 bridgehead atoms. The number of nitrogens with zero attached hydrogens (tertiary/aromatic N) is 2. The van der Waals surface area contributed by atoms with E-state index < -0.39 is 0 Å². The minimum Gasteiger partial charge on any atom is -0.351 e. The predicted octanol–water partition coefficient (Wildman–Crippen LogP) is 3.62. The predicted molar refractivity (Wildman–Crippen MR) is 90.9 cm³/mol. The monoisotopic (exact) mass is 301 g/mol. The Morgan fingerprint density at radius 3 is 2.67 bits per heavy atom. The van der Waals surface area contributed by atoms with Crippen LogP contribution in [-0.4, -0.2) is 25.6 Å². The summed E-state index contributed by atoms with van der Waals surface area (Å²) in [6.07, 6.45) is 1.37. The van der Waals surface area contributed by atoms with Gasteiger partial charge in [0.1, 0.15) is 0 Å². The van der Waals surface area contributed by atoms with E-state index in [4.69, 9.17) is 4.98 Å². The van der Waals surface area contributed by atoms with Crippen molar-refractivity contribution < 1.29 is 0 Å². The number of nitrogens with one attached hydrogen (secondary N) is 1. The molecule has 1 heterocycles. The Morgan fingerprint density at radius 1 is 1.33 bits per heavy atom. The topological polar surface area (TPSA) is 28.2 Å². The van der Waals surface area contributed by atoms with Gasteiger partial charge in [0, 0.05) is 30.6 Å². The molecule has 0 saturated heterocycles. The molecule has 112 valence electrons. The molecule has 0 spiro atoms. The minimum atomic E-state index is 0.854. The molecular weight excluding hydrogens is 278 g/mol. The van der Waals surface area contributed by atoms with Gasteiger partial charge < -0.3 is 10.2 Å². The largest absolute Gasteiger partial charge is 0.351 e. The van der Waals surface area contributed by atoms with Crippen LogP contribution in [0.5, 0.6) is 0 Å². The summed E-state index contributed by atoms with van der Waals surface area (Å²) < 4.78 is 0. The van der Waals surface area contributed by atoms with E-state index in [2.05, 4.69) is 54.5 Å². The van der Waals surface area contributed by atoms with Gasteiger partial charge in [0.15, 0.2) is 5.13 Å². The summed E-state index contributed by atoms with van der Waals surface area (Å²) in [5.74, 6) is 1.74. The molecule has 3 rings (SSSR count). The van der Waals surface area contributed by atoms with E-state index in [1.165, 1.54) is 16.9 Å². The normalized spacial score (nSPS) is 20.5. The quantitative estimate of drug-likeness (QED) is 0.883. The number of hydrogen-bond donors (Lipinski definition) is 1. The molecule has 1 aliphatic rings. The highest BCUT2D eigenvalue weighted by molar-refractivity contribution is 7.16. The zero-order valence-electron chi connectivity index (χ0n) is 13.0. The third-order valence-corrected chi connectivity index (χ3v) is 5.35. The van der Waals surface area contributed by atoms with E-state index in [0.29, 0.717) is 0 Å². The Hall–Kier alpha value is -1.39. The van der Waals surface area contributed by atoms with E-state index >= 15 is 0 Å². The SMILES string of the molecule is CNCc1sc(N(C)CC2CC2C)nc1-c1ccccc1. The lowest BCUT2D eigenvalue weighted by Crippen LogP contribution is -2.20. The fourth-order valence-corrected chi connectivity index (χ4v) is 3.75. The first kappa shape index (κ1) is 14.5. The number of aromatic nitrogens is 1. The molecule has 1 aromatic carbocycles. The second-order valence-electron chi connectivity index (χ2n) is 6.02. The molecule has 0 aliphatic heterocycles. The molecule has 1 N–H and O–H groups in total. The maximum Gasteiger partial charge on any atom is 0.185 e. The number of anilines is 1. The van der Waals surface area contributed by atoms with Crippen LogP contribution in [0.2, 0.25) is 0 Å². The molecule has 2 atom stereocenters. The van der Waals surface area contributed by atoms with Crippen molar-refractivity contribution in [3.05, 3.63) is 35.2 Å². The van der Waals surface area contributed by atoms with Gasteiger partial charge in [-0.25, -0.2) is 4.98 Å². The molecule has 21 heavy (non-hydrogen) atoms. The summed E-state index contributed by atoms with van der Waals surface area (Å²) in [5, 5.41) is 4.40. The van der Waals surface area contributed by atoms with Crippen molar-refractivity contribution in [3.63, 3.8) is 0 Å². The zero-order valence-corrected chi connectivity index (χ0v) is 13.8. The summed E-state index contributed by atoms with van der Waals surface area (Å²) in [7, 11) is 4.16. The van der Waals surface area contributed by atoms with Crippen molar-refractivity contribution in [2.45, 2.75) is 19.9 Å². The van der Waals surface area contributed by atoms with E-state index in [1.807, 2.05) is 18.4 Å². The molecule has 1 saturated carbocycles. The number of rotatable bonds is 6. The summed E-state index contributed by atoms with van der Waals surface area (Å²) in [6.45, 7) is 4.33. The van der Waals surface area contributed by atoms with Gasteiger partial charge in [-0.15, -0.1) is 0 Å². The van der Waals surface area contributed by atoms with Crippen molar-refractivity contribution in [3.8, 4) is 11.3 Å². The zero-order chi connectivity index (χ0) is 14.8. The van der Waals surface area contributed by atoms with Crippen molar-refractivity contribution in [1.29, 1.82) is 0 Å². The fourth-order valence-electron chi connectivity index (χ4n) is 2.69. The average molecular weight is 301 g/mol. The van der Waals surface area contributed by atoms with Crippen LogP contribution in [0.1, 0.15) is 18.2 Å². The maximum absolute atomic E-state index is 4.91. The highest BCUT2D eigenvalue weighted by Gasteiger charge is 2.33. The maximum atomic E-state index is 4.91. The summed E-state index contributed by atoms with van der Waals surface area (Å²) in [4.78, 5) is 8.55. The van der Waals surface area contributed by atoms with Crippen LogP contribution in [0.25, 0.3) is 11.3 Å². The molecule has 4 heteroatoms. The summed E-state index contributed by atoms with van der Waals surface area (Å²) in [6, 6.07) is 10.5. The van der Waals surface area contributed by atoms with Crippen LogP contribution >= 0.6 is 11.3 Å². The fraction of sp³-hybridized carbons (Fsp3) is 0.471. The molecule has 2 aromatic rings. The molecule has 2 unspecified atom stereocenters. The van der Waals surface area contributed by atoms with Gasteiger partial charge in [-0.3, -0.25) is 0 Å². The number of hydrogen-bond acceptors (Lipinski definition) is 4. The molecule has 1 fully saturated rings. The Balaban J connectivity index is 1.85. The number of benzene rings is 1. The highest BCUT2D eigenvalue weighted by Crippen LogP contribution is 2.40. The van der Waals surface area contributed by atoms with Crippen molar-refractivity contribution in [2.75, 3.05) is 25.5 Å². The summed E-state index contributed by atoms with van der Waals surface area (Å²) in [5.41, 5.74) is 2.33. The standard InChI is InChI=1S/C17H23N3S/c1-12-9-14(12)11-20(3)17-19-16(15(21-17)10-18-2)13-7-5-4-6-8-13/h4-8,12,14,18H,9-11H2,1-3H3. The van der Waals surface area contributed by atoms with Gasteiger partial charge in [0.05, 0.1) is 5.69 Å². The van der Waals surface area contributed by atoms with Crippen LogP contribution in [0.4, 0.5) is 5.13 Å². The van der Waals surface area contributed by atoms with Gasteiger partial charge >= 0.3 is 0 Å². The molecule has 0 radical (unpaired) electrons. The lowest BCUT2D eigenvalue weighted by atomic mass is 10.1. The lowest BCUT2D eigenvalue weighted by Gasteiger charge is -2.15.